The van der Waals surface area contributed by atoms with Gasteiger partial charge in [-0.25, -0.2) is 0 Å². The van der Waals surface area contributed by atoms with Gasteiger partial charge in [0.05, 0.1) is 0 Å². The zero-order valence-corrected chi connectivity index (χ0v) is 8.17. The molecule has 0 aliphatic rings. The van der Waals surface area contributed by atoms with Crippen LogP contribution in [0.15, 0.2) is 0 Å². The normalized spacial score (nSPS) is 10.7. The van der Waals surface area contributed by atoms with Gasteiger partial charge in [0, 0.05) is 0 Å². The van der Waals surface area contributed by atoms with Gasteiger partial charge in [-0.3, -0.25) is 0 Å². The van der Waals surface area contributed by atoms with Crippen molar-refractivity contribution < 1.29 is 11.5 Å². The molecule has 0 aromatic rings. The van der Waals surface area contributed by atoms with Crippen molar-refractivity contribution >= 4 is 14.5 Å². The van der Waals surface area contributed by atoms with Gasteiger partial charge in [-0.05, 0) is 0 Å². The Hall–Kier alpha value is 0.239. The van der Waals surface area contributed by atoms with Crippen LogP contribution in [0.25, 0.3) is 0 Å². The Morgan fingerprint density at radius 2 is 1.50 bits per heavy atom. The first kappa shape index (κ1) is 10.2. The Kier molecular flexibility index (Phi) is 7.52. The van der Waals surface area contributed by atoms with Crippen molar-refractivity contribution in [2.75, 3.05) is 13.2 Å². The number of hydrogen-bond donors (Lipinski definition) is 0. The zero-order chi connectivity index (χ0) is 7.82. The second-order valence-electron chi connectivity index (χ2n) is 1.85. The Balaban J connectivity index is 3.09. The second-order valence-corrected chi connectivity index (χ2v) is 3.69. The summed E-state index contributed by atoms with van der Waals surface area (Å²) < 4.78 is 20.4. The molecule has 62 valence electrons. The van der Waals surface area contributed by atoms with E-state index in [4.69, 9.17) is 7.64 Å². The summed E-state index contributed by atoms with van der Waals surface area (Å²) in [6.45, 7) is 5.02. The van der Waals surface area contributed by atoms with E-state index >= 15 is 0 Å². The van der Waals surface area contributed by atoms with Crippen molar-refractivity contribution in [1.29, 1.82) is 0 Å². The third kappa shape index (κ3) is 6.36. The molecule has 0 saturated heterocycles. The summed E-state index contributed by atoms with van der Waals surface area (Å²) in [4.78, 5) is 0. The minimum atomic E-state index is -2.37. The average molecular weight is 213 g/mol. The van der Waals surface area contributed by atoms with Crippen molar-refractivity contribution in [3.63, 3.8) is 0 Å². The van der Waals surface area contributed by atoms with Gasteiger partial charge in [-0.2, -0.15) is 0 Å². The van der Waals surface area contributed by atoms with Gasteiger partial charge in [0.2, 0.25) is 0 Å². The first-order valence-electron chi connectivity index (χ1n) is 3.49. The van der Waals surface area contributed by atoms with Gasteiger partial charge in [0.15, 0.2) is 0 Å². The Labute approximate surface area is 66.4 Å². The van der Waals surface area contributed by atoms with E-state index in [9.17, 15) is 3.83 Å². The van der Waals surface area contributed by atoms with E-state index in [1.165, 1.54) is 0 Å². The molecule has 0 radical (unpaired) electrons. The van der Waals surface area contributed by atoms with E-state index in [-0.39, 0.29) is 0 Å². The summed E-state index contributed by atoms with van der Waals surface area (Å²) in [5.74, 6) is 0. The number of hydrogen-bond acceptors (Lipinski definition) is 3. The molecule has 3 nitrogen and oxygen atoms in total. The van der Waals surface area contributed by atoms with Crippen molar-refractivity contribution in [3.05, 3.63) is 0 Å². The van der Waals surface area contributed by atoms with Crippen LogP contribution in [-0.4, -0.2) is 27.7 Å². The number of rotatable bonds is 6. The van der Waals surface area contributed by atoms with Gasteiger partial charge in [-0.15, -0.1) is 0 Å². The molecule has 0 spiro atoms. The molecule has 10 heavy (non-hydrogen) atoms. The van der Waals surface area contributed by atoms with E-state index in [0.717, 1.165) is 12.8 Å². The van der Waals surface area contributed by atoms with Crippen LogP contribution in [0.1, 0.15) is 26.7 Å². The second kappa shape index (κ2) is 7.35. The maximum absolute atomic E-state index is 10.7. The summed E-state index contributed by atoms with van der Waals surface area (Å²) >= 11 is -2.37. The van der Waals surface area contributed by atoms with Gasteiger partial charge in [0.1, 0.15) is 0 Å². The van der Waals surface area contributed by atoms with Crippen LogP contribution in [-0.2, 0) is 11.5 Å². The molecule has 0 rings (SSSR count). The monoisotopic (exact) mass is 214 g/mol. The van der Waals surface area contributed by atoms with Crippen molar-refractivity contribution in [2.45, 2.75) is 26.7 Å². The van der Waals surface area contributed by atoms with Gasteiger partial charge in [-0.1, -0.05) is 0 Å². The van der Waals surface area contributed by atoms with Crippen molar-refractivity contribution in [1.82, 2.24) is 0 Å². The maximum atomic E-state index is 10.7. The Bertz CT molecular complexity index is 85.0. The van der Waals surface area contributed by atoms with Crippen LogP contribution in [0.3, 0.4) is 0 Å². The summed E-state index contributed by atoms with van der Waals surface area (Å²) in [5.41, 5.74) is 0. The molecule has 0 aliphatic heterocycles. The molecule has 0 saturated carbocycles. The van der Waals surface area contributed by atoms with Gasteiger partial charge < -0.3 is 0 Å². The first-order chi connectivity index (χ1) is 4.81. The van der Waals surface area contributed by atoms with Crippen LogP contribution >= 0.6 is 0 Å². The van der Waals surface area contributed by atoms with Gasteiger partial charge >= 0.3 is 65.9 Å². The van der Waals surface area contributed by atoms with E-state index in [1.54, 1.807) is 0 Å². The third-order valence-corrected chi connectivity index (χ3v) is 2.27. The topological polar surface area (TPSA) is 35.5 Å². The Morgan fingerprint density at radius 3 is 1.80 bits per heavy atom. The summed E-state index contributed by atoms with van der Waals surface area (Å²) in [7, 11) is 0. The quantitative estimate of drug-likeness (QED) is 0.623. The molecule has 4 heteroatoms. The summed E-state index contributed by atoms with van der Waals surface area (Å²) in [6.07, 6.45) is 1.77. The van der Waals surface area contributed by atoms with Crippen LogP contribution < -0.4 is 0 Å². The summed E-state index contributed by atoms with van der Waals surface area (Å²) in [5, 5.41) is 0. The molecular weight excluding hydrogens is 199 g/mol. The summed E-state index contributed by atoms with van der Waals surface area (Å²) in [6, 6.07) is 0. The fourth-order valence-electron chi connectivity index (χ4n) is 0.337. The van der Waals surface area contributed by atoms with Crippen LogP contribution in [0.2, 0.25) is 0 Å². The van der Waals surface area contributed by atoms with Crippen LogP contribution in [0.5, 0.6) is 0 Å². The van der Waals surface area contributed by atoms with Crippen molar-refractivity contribution in [2.24, 2.45) is 0 Å². The molecule has 0 aromatic carbocycles. The molecule has 0 heterocycles. The zero-order valence-electron chi connectivity index (χ0n) is 6.46. The SMILES string of the molecule is CCCO[Se](=O)OCCC. The molecule has 0 fully saturated rings. The molecular formula is C6H14O3Se. The first-order valence-corrected chi connectivity index (χ1v) is 5.59. The standard InChI is InChI=1S/C6H14O3Se/c1-3-5-8-10(7)9-6-4-2/h3-6H2,1-2H3. The third-order valence-electron chi connectivity index (χ3n) is 0.767. The average Bonchev–Trinajstić information content (AvgIpc) is 1.97. The molecule has 0 amide bonds. The fourth-order valence-corrected chi connectivity index (χ4v) is 1.75. The predicted molar refractivity (Wildman–Crippen MR) is 38.9 cm³/mol. The molecule has 0 aliphatic carbocycles. The molecule has 0 N–H and O–H groups in total. The molecule has 0 aromatic heterocycles. The van der Waals surface area contributed by atoms with Gasteiger partial charge in [0.25, 0.3) is 0 Å². The van der Waals surface area contributed by atoms with Crippen LogP contribution in [0.4, 0.5) is 0 Å². The minimum absolute atomic E-state index is 0.540. The van der Waals surface area contributed by atoms with E-state index in [0.29, 0.717) is 13.2 Å². The molecule has 0 unspecified atom stereocenters. The fraction of sp³-hybridized carbons (Fsp3) is 1.00. The van der Waals surface area contributed by atoms with Crippen LogP contribution in [0, 0.1) is 0 Å². The van der Waals surface area contributed by atoms with E-state index in [1.807, 2.05) is 13.8 Å². The molecule has 0 atom stereocenters. The predicted octanol–water partition coefficient (Wildman–Crippen LogP) is 1.25. The van der Waals surface area contributed by atoms with E-state index in [2.05, 4.69) is 0 Å². The van der Waals surface area contributed by atoms with E-state index < -0.39 is 14.5 Å². The molecule has 0 bridgehead atoms. The van der Waals surface area contributed by atoms with Crippen molar-refractivity contribution in [3.8, 4) is 0 Å². The Morgan fingerprint density at radius 1 is 1.10 bits per heavy atom.